The van der Waals surface area contributed by atoms with Crippen LogP contribution in [0.3, 0.4) is 0 Å². The number of benzene rings is 1. The molecule has 1 aliphatic carbocycles. The summed E-state index contributed by atoms with van der Waals surface area (Å²) in [5.74, 6) is -0.972. The Kier molecular flexibility index (Phi) is 5.28. The Morgan fingerprint density at radius 2 is 1.71 bits per heavy atom. The van der Waals surface area contributed by atoms with Crippen molar-refractivity contribution in [3.05, 3.63) is 35.6 Å². The van der Waals surface area contributed by atoms with Gasteiger partial charge in [0, 0.05) is 0 Å². The molecule has 0 heterocycles. The zero-order valence-corrected chi connectivity index (χ0v) is 12.8. The highest BCUT2D eigenvalue weighted by atomic mass is 32.1. The van der Waals surface area contributed by atoms with E-state index in [0.29, 0.717) is 4.99 Å². The molecule has 0 unspecified atom stereocenters. The van der Waals surface area contributed by atoms with Crippen LogP contribution in [-0.4, -0.2) is 16.4 Å². The van der Waals surface area contributed by atoms with E-state index < -0.39 is 17.3 Å². The monoisotopic (exact) mass is 308 g/mol. The summed E-state index contributed by atoms with van der Waals surface area (Å²) in [6.45, 7) is 0. The Morgan fingerprint density at radius 1 is 1.14 bits per heavy atom. The second-order valence-electron chi connectivity index (χ2n) is 5.65. The summed E-state index contributed by atoms with van der Waals surface area (Å²) < 4.78 is 13.7. The van der Waals surface area contributed by atoms with Crippen molar-refractivity contribution in [1.82, 2.24) is 5.32 Å². The average Bonchev–Trinajstić information content (AvgIpc) is 2.42. The van der Waals surface area contributed by atoms with E-state index in [0.717, 1.165) is 38.5 Å². The largest absolute Gasteiger partial charge is 0.391 e. The molecule has 2 rings (SSSR count). The summed E-state index contributed by atoms with van der Waals surface area (Å²) in [7, 11) is 0. The quantitative estimate of drug-likeness (QED) is 0.842. The smallest absolute Gasteiger partial charge is 0.255 e. The molecular weight excluding hydrogens is 287 g/mol. The molecular formula is C16H21FN2OS. The topological polar surface area (TPSA) is 55.1 Å². The van der Waals surface area contributed by atoms with E-state index >= 15 is 0 Å². The molecule has 0 atom stereocenters. The van der Waals surface area contributed by atoms with Gasteiger partial charge in [0.2, 0.25) is 0 Å². The number of hydrogen-bond acceptors (Lipinski definition) is 2. The van der Waals surface area contributed by atoms with Gasteiger partial charge in [0.25, 0.3) is 5.91 Å². The lowest BCUT2D eigenvalue weighted by atomic mass is 9.83. The Labute approximate surface area is 130 Å². The van der Waals surface area contributed by atoms with Gasteiger partial charge in [0.1, 0.15) is 5.82 Å². The number of amides is 1. The average molecular weight is 308 g/mol. The molecule has 114 valence electrons. The molecule has 1 aromatic carbocycles. The fraction of sp³-hybridized carbons (Fsp3) is 0.500. The van der Waals surface area contributed by atoms with Crippen LogP contribution in [0, 0.1) is 5.82 Å². The second kappa shape index (κ2) is 6.98. The number of halogens is 1. The number of hydrogen-bond donors (Lipinski definition) is 2. The lowest BCUT2D eigenvalue weighted by molar-refractivity contribution is 0.0908. The van der Waals surface area contributed by atoms with E-state index in [2.05, 4.69) is 5.32 Å². The maximum atomic E-state index is 13.7. The van der Waals surface area contributed by atoms with Gasteiger partial charge in [-0.05, 0) is 25.0 Å². The van der Waals surface area contributed by atoms with Crippen LogP contribution in [-0.2, 0) is 0 Å². The molecule has 1 aromatic rings. The van der Waals surface area contributed by atoms with E-state index in [4.69, 9.17) is 18.0 Å². The van der Waals surface area contributed by atoms with E-state index in [1.165, 1.54) is 18.6 Å². The minimum Gasteiger partial charge on any atom is -0.391 e. The standard InChI is InChI=1S/C16H21FN2OS/c17-13-9-5-4-8-12(13)14(20)19-16(15(18)21)10-6-2-1-3-7-11-16/h4-5,8-9H,1-3,6-7,10-11H2,(H2,18,21)(H,19,20). The minimum atomic E-state index is -0.685. The summed E-state index contributed by atoms with van der Waals surface area (Å²) in [5.41, 5.74) is 5.26. The molecule has 3 nitrogen and oxygen atoms in total. The summed E-state index contributed by atoms with van der Waals surface area (Å²) in [6, 6.07) is 5.95. The van der Waals surface area contributed by atoms with Gasteiger partial charge in [-0.25, -0.2) is 4.39 Å². The van der Waals surface area contributed by atoms with Gasteiger partial charge in [-0.15, -0.1) is 0 Å². The van der Waals surface area contributed by atoms with Crippen LogP contribution >= 0.6 is 12.2 Å². The van der Waals surface area contributed by atoms with Crippen molar-refractivity contribution < 1.29 is 9.18 Å². The van der Waals surface area contributed by atoms with Crippen molar-refractivity contribution in [3.63, 3.8) is 0 Å². The summed E-state index contributed by atoms with van der Waals surface area (Å²) in [5, 5.41) is 2.91. The SMILES string of the molecule is NC(=S)C1(NC(=O)c2ccccc2F)CCCCCCC1. The van der Waals surface area contributed by atoms with Crippen LogP contribution in [0.2, 0.25) is 0 Å². The maximum absolute atomic E-state index is 13.7. The Bertz CT molecular complexity index is 525. The number of rotatable bonds is 3. The molecule has 0 aromatic heterocycles. The van der Waals surface area contributed by atoms with Crippen molar-refractivity contribution in [2.75, 3.05) is 0 Å². The molecule has 0 saturated heterocycles. The first kappa shape index (κ1) is 15.9. The maximum Gasteiger partial charge on any atom is 0.255 e. The molecule has 1 aliphatic rings. The number of carbonyl (C=O) groups is 1. The summed E-state index contributed by atoms with van der Waals surface area (Å²) in [4.78, 5) is 12.7. The van der Waals surface area contributed by atoms with Crippen molar-refractivity contribution in [2.24, 2.45) is 5.73 Å². The normalized spacial score (nSPS) is 18.3. The Hall–Kier alpha value is -1.49. The molecule has 0 spiro atoms. The highest BCUT2D eigenvalue weighted by molar-refractivity contribution is 7.80. The molecule has 0 aliphatic heterocycles. The summed E-state index contributed by atoms with van der Waals surface area (Å²) in [6.07, 6.45) is 6.81. The molecule has 3 N–H and O–H groups in total. The van der Waals surface area contributed by atoms with Gasteiger partial charge in [0.05, 0.1) is 16.1 Å². The first-order valence-electron chi connectivity index (χ1n) is 7.42. The third-order valence-corrected chi connectivity index (χ3v) is 4.54. The molecule has 1 amide bonds. The van der Waals surface area contributed by atoms with Crippen molar-refractivity contribution >= 4 is 23.1 Å². The van der Waals surface area contributed by atoms with Crippen LogP contribution in [0.25, 0.3) is 0 Å². The van der Waals surface area contributed by atoms with E-state index in [-0.39, 0.29) is 5.56 Å². The number of nitrogens with one attached hydrogen (secondary N) is 1. The predicted molar refractivity (Wildman–Crippen MR) is 85.7 cm³/mol. The Balaban J connectivity index is 2.21. The number of nitrogens with two attached hydrogens (primary N) is 1. The Morgan fingerprint density at radius 3 is 2.29 bits per heavy atom. The summed E-state index contributed by atoms with van der Waals surface area (Å²) >= 11 is 5.20. The van der Waals surface area contributed by atoms with Gasteiger partial charge >= 0.3 is 0 Å². The van der Waals surface area contributed by atoms with Crippen LogP contribution in [0.1, 0.15) is 55.3 Å². The first-order chi connectivity index (χ1) is 10.1. The molecule has 0 bridgehead atoms. The molecule has 1 saturated carbocycles. The minimum absolute atomic E-state index is 0.0372. The third-order valence-electron chi connectivity index (χ3n) is 4.15. The van der Waals surface area contributed by atoms with Crippen LogP contribution in [0.15, 0.2) is 24.3 Å². The lowest BCUT2D eigenvalue weighted by Gasteiger charge is -2.35. The van der Waals surface area contributed by atoms with Crippen LogP contribution < -0.4 is 11.1 Å². The van der Waals surface area contributed by atoms with Crippen molar-refractivity contribution in [1.29, 1.82) is 0 Å². The zero-order chi connectivity index (χ0) is 15.3. The highest BCUT2D eigenvalue weighted by Crippen LogP contribution is 2.27. The van der Waals surface area contributed by atoms with Gasteiger partial charge in [-0.1, -0.05) is 56.5 Å². The van der Waals surface area contributed by atoms with E-state index in [1.54, 1.807) is 12.1 Å². The predicted octanol–water partition coefficient (Wildman–Crippen LogP) is 3.32. The van der Waals surface area contributed by atoms with Crippen molar-refractivity contribution in [2.45, 2.75) is 50.5 Å². The van der Waals surface area contributed by atoms with Crippen molar-refractivity contribution in [3.8, 4) is 0 Å². The van der Waals surface area contributed by atoms with E-state index in [1.807, 2.05) is 0 Å². The third kappa shape index (κ3) is 3.79. The van der Waals surface area contributed by atoms with E-state index in [9.17, 15) is 9.18 Å². The lowest BCUT2D eigenvalue weighted by Crippen LogP contribution is -2.57. The number of thiocarbonyl (C=S) groups is 1. The zero-order valence-electron chi connectivity index (χ0n) is 12.0. The fourth-order valence-electron chi connectivity index (χ4n) is 2.87. The number of carbonyl (C=O) groups excluding carboxylic acids is 1. The molecule has 0 radical (unpaired) electrons. The fourth-order valence-corrected chi connectivity index (χ4v) is 3.13. The van der Waals surface area contributed by atoms with Crippen LogP contribution in [0.4, 0.5) is 4.39 Å². The van der Waals surface area contributed by atoms with Gasteiger partial charge in [0.15, 0.2) is 0 Å². The second-order valence-corrected chi connectivity index (χ2v) is 6.09. The van der Waals surface area contributed by atoms with Gasteiger partial charge in [-0.3, -0.25) is 4.79 Å². The van der Waals surface area contributed by atoms with Gasteiger partial charge in [-0.2, -0.15) is 0 Å². The first-order valence-corrected chi connectivity index (χ1v) is 7.83. The van der Waals surface area contributed by atoms with Gasteiger partial charge < -0.3 is 11.1 Å². The molecule has 21 heavy (non-hydrogen) atoms. The molecule has 5 heteroatoms. The molecule has 1 fully saturated rings. The van der Waals surface area contributed by atoms with Crippen LogP contribution in [0.5, 0.6) is 0 Å². The highest BCUT2D eigenvalue weighted by Gasteiger charge is 2.35.